The highest BCUT2D eigenvalue weighted by Crippen LogP contribution is 2.28. The van der Waals surface area contributed by atoms with E-state index in [4.69, 9.17) is 4.74 Å². The average Bonchev–Trinajstić information content (AvgIpc) is 2.54. The van der Waals surface area contributed by atoms with E-state index in [-0.39, 0.29) is 12.3 Å². The molecule has 5 heteroatoms. The molecule has 0 bridgehead atoms. The molecule has 5 nitrogen and oxygen atoms in total. The van der Waals surface area contributed by atoms with Crippen LogP contribution in [0.1, 0.15) is 51.0 Å². The first-order valence-electron chi connectivity index (χ1n) is 8.32. The van der Waals surface area contributed by atoms with Gasteiger partial charge in [-0.05, 0) is 37.0 Å². The third-order valence-electron chi connectivity index (χ3n) is 4.23. The molecule has 0 heterocycles. The molecule has 1 aliphatic carbocycles. The van der Waals surface area contributed by atoms with Crippen molar-refractivity contribution in [1.29, 1.82) is 0 Å². The molecule has 0 unspecified atom stereocenters. The fraction of sp³-hybridized carbons (Fsp3) is 0.556. The Morgan fingerprint density at radius 1 is 1.26 bits per heavy atom. The molecule has 1 aromatic rings. The standard InChI is InChI=1S/C18H25NO4/c1-2-11-23-15-8-6-7-14(12-15)13-16(20)19-18(17(21)22)9-4-3-5-10-18/h6-8,12H,2-5,9-11,13H2,1H3,(H,19,20)(H,21,22). The summed E-state index contributed by atoms with van der Waals surface area (Å²) >= 11 is 0. The zero-order chi connectivity index (χ0) is 16.7. The van der Waals surface area contributed by atoms with E-state index >= 15 is 0 Å². The van der Waals surface area contributed by atoms with Crippen molar-refractivity contribution >= 4 is 11.9 Å². The van der Waals surface area contributed by atoms with Gasteiger partial charge in [0.15, 0.2) is 0 Å². The Bertz CT molecular complexity index is 550. The number of nitrogens with one attached hydrogen (secondary N) is 1. The molecule has 0 saturated heterocycles. The smallest absolute Gasteiger partial charge is 0.329 e. The highest BCUT2D eigenvalue weighted by molar-refractivity contribution is 5.88. The van der Waals surface area contributed by atoms with Crippen LogP contribution in [0.3, 0.4) is 0 Å². The number of carboxylic acid groups (broad SMARTS) is 1. The van der Waals surface area contributed by atoms with Gasteiger partial charge in [0.05, 0.1) is 13.0 Å². The third-order valence-corrected chi connectivity index (χ3v) is 4.23. The molecule has 2 N–H and O–H groups in total. The number of hydrogen-bond acceptors (Lipinski definition) is 3. The largest absolute Gasteiger partial charge is 0.494 e. The number of aliphatic carboxylic acids is 1. The molecule has 1 amide bonds. The molecule has 1 aliphatic rings. The van der Waals surface area contributed by atoms with Crippen molar-refractivity contribution in [3.63, 3.8) is 0 Å². The third kappa shape index (κ3) is 4.71. The lowest BCUT2D eigenvalue weighted by Crippen LogP contribution is -2.55. The van der Waals surface area contributed by atoms with Gasteiger partial charge in [0, 0.05) is 0 Å². The summed E-state index contributed by atoms with van der Waals surface area (Å²) in [5.74, 6) is -0.435. The second-order valence-electron chi connectivity index (χ2n) is 6.17. The predicted octanol–water partition coefficient (Wildman–Crippen LogP) is 2.92. The van der Waals surface area contributed by atoms with Crippen LogP contribution >= 0.6 is 0 Å². The SMILES string of the molecule is CCCOc1cccc(CC(=O)NC2(C(=O)O)CCCCC2)c1. The van der Waals surface area contributed by atoms with E-state index in [9.17, 15) is 14.7 Å². The zero-order valence-corrected chi connectivity index (χ0v) is 13.6. The topological polar surface area (TPSA) is 75.6 Å². The van der Waals surface area contributed by atoms with Crippen molar-refractivity contribution in [2.45, 2.75) is 57.4 Å². The summed E-state index contributed by atoms with van der Waals surface area (Å²) in [7, 11) is 0. The van der Waals surface area contributed by atoms with Crippen LogP contribution in [-0.4, -0.2) is 29.1 Å². The second-order valence-corrected chi connectivity index (χ2v) is 6.17. The molecule has 0 radical (unpaired) electrons. The summed E-state index contributed by atoms with van der Waals surface area (Å²) in [5, 5.41) is 12.3. The summed E-state index contributed by atoms with van der Waals surface area (Å²) in [6, 6.07) is 7.40. The number of ether oxygens (including phenoxy) is 1. The lowest BCUT2D eigenvalue weighted by Gasteiger charge is -2.34. The molecule has 0 spiro atoms. The molecular formula is C18H25NO4. The second kappa shape index (κ2) is 7.99. The monoisotopic (exact) mass is 319 g/mol. The zero-order valence-electron chi connectivity index (χ0n) is 13.6. The molecule has 126 valence electrons. The number of carbonyl (C=O) groups excluding carboxylic acids is 1. The van der Waals surface area contributed by atoms with Crippen LogP contribution < -0.4 is 10.1 Å². The molecule has 1 fully saturated rings. The van der Waals surface area contributed by atoms with Gasteiger partial charge in [-0.3, -0.25) is 4.79 Å². The summed E-state index contributed by atoms with van der Waals surface area (Å²) in [4.78, 5) is 23.9. The Labute approximate surface area is 137 Å². The first kappa shape index (κ1) is 17.3. The quantitative estimate of drug-likeness (QED) is 0.810. The van der Waals surface area contributed by atoms with Gasteiger partial charge in [-0.15, -0.1) is 0 Å². The molecule has 2 rings (SSSR count). The summed E-state index contributed by atoms with van der Waals surface area (Å²) in [6.45, 7) is 2.67. The Kier molecular flexibility index (Phi) is 6.02. The van der Waals surface area contributed by atoms with E-state index < -0.39 is 11.5 Å². The van der Waals surface area contributed by atoms with E-state index in [1.165, 1.54) is 0 Å². The van der Waals surface area contributed by atoms with E-state index in [0.717, 1.165) is 37.0 Å². The Hall–Kier alpha value is -2.04. The van der Waals surface area contributed by atoms with Gasteiger partial charge in [0.1, 0.15) is 11.3 Å². The minimum Gasteiger partial charge on any atom is -0.494 e. The van der Waals surface area contributed by atoms with Gasteiger partial charge in [-0.2, -0.15) is 0 Å². The minimum absolute atomic E-state index is 0.165. The molecule has 1 aromatic carbocycles. The molecule has 0 aromatic heterocycles. The fourth-order valence-electron chi connectivity index (χ4n) is 3.01. The van der Waals surface area contributed by atoms with Gasteiger partial charge in [0.25, 0.3) is 0 Å². The van der Waals surface area contributed by atoms with E-state index in [2.05, 4.69) is 5.32 Å². The van der Waals surface area contributed by atoms with Gasteiger partial charge >= 0.3 is 5.97 Å². The summed E-state index contributed by atoms with van der Waals surface area (Å²) in [6.07, 6.45) is 4.81. The van der Waals surface area contributed by atoms with Crippen LogP contribution in [0, 0.1) is 0 Å². The highest BCUT2D eigenvalue weighted by Gasteiger charge is 2.40. The van der Waals surface area contributed by atoms with E-state index in [0.29, 0.717) is 19.4 Å². The first-order chi connectivity index (χ1) is 11.1. The summed E-state index contributed by atoms with van der Waals surface area (Å²) < 4.78 is 5.56. The number of hydrogen-bond donors (Lipinski definition) is 2. The van der Waals surface area contributed by atoms with Gasteiger partial charge < -0.3 is 15.2 Å². The van der Waals surface area contributed by atoms with Crippen molar-refractivity contribution in [3.8, 4) is 5.75 Å². The van der Waals surface area contributed by atoms with Crippen molar-refractivity contribution in [1.82, 2.24) is 5.32 Å². The highest BCUT2D eigenvalue weighted by atomic mass is 16.5. The molecule has 1 saturated carbocycles. The maximum Gasteiger partial charge on any atom is 0.329 e. The molecular weight excluding hydrogens is 294 g/mol. The molecule has 0 atom stereocenters. The van der Waals surface area contributed by atoms with Crippen LogP contribution in [0.5, 0.6) is 5.75 Å². The lowest BCUT2D eigenvalue weighted by molar-refractivity contribution is -0.149. The maximum atomic E-state index is 12.3. The van der Waals surface area contributed by atoms with Gasteiger partial charge in [-0.25, -0.2) is 4.79 Å². The number of carbonyl (C=O) groups is 2. The van der Waals surface area contributed by atoms with Crippen LogP contribution in [0.2, 0.25) is 0 Å². The number of rotatable bonds is 7. The number of benzene rings is 1. The van der Waals surface area contributed by atoms with Crippen molar-refractivity contribution < 1.29 is 19.4 Å². The van der Waals surface area contributed by atoms with E-state index in [1.54, 1.807) is 0 Å². The normalized spacial score (nSPS) is 16.6. The van der Waals surface area contributed by atoms with Crippen LogP contribution in [-0.2, 0) is 16.0 Å². The fourth-order valence-corrected chi connectivity index (χ4v) is 3.01. The van der Waals surface area contributed by atoms with Crippen molar-refractivity contribution in [3.05, 3.63) is 29.8 Å². The minimum atomic E-state index is -1.09. The first-order valence-corrected chi connectivity index (χ1v) is 8.32. The number of carboxylic acids is 1. The van der Waals surface area contributed by atoms with Crippen LogP contribution in [0.15, 0.2) is 24.3 Å². The summed E-state index contributed by atoms with van der Waals surface area (Å²) in [5.41, 5.74) is -0.265. The van der Waals surface area contributed by atoms with Crippen LogP contribution in [0.25, 0.3) is 0 Å². The average molecular weight is 319 g/mol. The van der Waals surface area contributed by atoms with E-state index in [1.807, 2.05) is 31.2 Å². The Morgan fingerprint density at radius 2 is 2.00 bits per heavy atom. The number of amides is 1. The Morgan fingerprint density at radius 3 is 2.65 bits per heavy atom. The van der Waals surface area contributed by atoms with Crippen molar-refractivity contribution in [2.75, 3.05) is 6.61 Å². The predicted molar refractivity (Wildman–Crippen MR) is 87.5 cm³/mol. The van der Waals surface area contributed by atoms with Crippen molar-refractivity contribution in [2.24, 2.45) is 0 Å². The van der Waals surface area contributed by atoms with Gasteiger partial charge in [-0.1, -0.05) is 38.3 Å². The molecule has 23 heavy (non-hydrogen) atoms. The van der Waals surface area contributed by atoms with Crippen LogP contribution in [0.4, 0.5) is 0 Å². The maximum absolute atomic E-state index is 12.3. The van der Waals surface area contributed by atoms with Gasteiger partial charge in [0.2, 0.25) is 5.91 Å². The lowest BCUT2D eigenvalue weighted by atomic mass is 9.81. The molecule has 0 aliphatic heterocycles. The Balaban J connectivity index is 1.99.